The van der Waals surface area contributed by atoms with Crippen LogP contribution in [0.5, 0.6) is 0 Å². The van der Waals surface area contributed by atoms with E-state index in [4.69, 9.17) is 5.73 Å². The van der Waals surface area contributed by atoms with E-state index < -0.39 is 217 Å². The van der Waals surface area contributed by atoms with Gasteiger partial charge in [0.1, 0.15) is 54.4 Å². The van der Waals surface area contributed by atoms with Crippen LogP contribution in [-0.4, -0.2) is 229 Å². The van der Waals surface area contributed by atoms with E-state index in [1.54, 1.807) is 13.8 Å². The number of hydrogen-bond donors (Lipinski definition) is 17. The number of nitrogens with one attached hydrogen (secondary N) is 12. The van der Waals surface area contributed by atoms with E-state index in [1.807, 2.05) is 29.8 Å². The van der Waals surface area contributed by atoms with Gasteiger partial charge in [-0.25, -0.2) is 0 Å². The molecule has 12 atom stereocenters. The highest BCUT2D eigenvalue weighted by atomic mass is 16.4. The molecule has 18 N–H and O–H groups in total. The molecule has 0 saturated carbocycles. The van der Waals surface area contributed by atoms with E-state index in [-0.39, 0.29) is 75.0 Å². The van der Waals surface area contributed by atoms with Crippen molar-refractivity contribution in [1.29, 1.82) is 0 Å². The van der Waals surface area contributed by atoms with E-state index in [0.717, 1.165) is 42.4 Å². The van der Waals surface area contributed by atoms with Gasteiger partial charge in [0, 0.05) is 48.9 Å². The molecule has 101 heavy (non-hydrogen) atoms. The number of piperidine rings is 1. The van der Waals surface area contributed by atoms with Crippen LogP contribution in [0.1, 0.15) is 162 Å². The van der Waals surface area contributed by atoms with Crippen molar-refractivity contribution in [2.75, 3.05) is 36.8 Å². The van der Waals surface area contributed by atoms with Crippen LogP contribution in [0, 0.1) is 11.8 Å². The molecule has 0 aromatic heterocycles. The summed E-state index contributed by atoms with van der Waals surface area (Å²) in [6.45, 7) is 7.93. The minimum atomic E-state index is -2.20. The molecule has 3 aliphatic rings. The van der Waals surface area contributed by atoms with Crippen molar-refractivity contribution in [3.63, 3.8) is 0 Å². The Balaban J connectivity index is 1.88. The molecule has 4 rings (SSSR count). The number of carboxylic acids is 4. The molecule has 37 heteroatoms. The van der Waals surface area contributed by atoms with Gasteiger partial charge in [-0.15, -0.1) is 0 Å². The number of rotatable bonds is 24. The summed E-state index contributed by atoms with van der Waals surface area (Å²) in [5, 5.41) is 67.9. The van der Waals surface area contributed by atoms with Crippen LogP contribution in [-0.2, 0) is 81.5 Å². The fourth-order valence-electron chi connectivity index (χ4n) is 11.3. The number of nitrogens with zero attached hydrogens (tertiary/aromatic N) is 2. The van der Waals surface area contributed by atoms with Crippen LogP contribution < -0.4 is 69.5 Å². The lowest BCUT2D eigenvalue weighted by Gasteiger charge is -2.39. The molecule has 3 aliphatic heterocycles. The predicted octanol–water partition coefficient (Wildman–Crippen LogP) is -3.00. The third-order valence-corrected chi connectivity index (χ3v) is 16.9. The quantitative estimate of drug-likeness (QED) is 0.0459. The van der Waals surface area contributed by atoms with Gasteiger partial charge >= 0.3 is 23.9 Å². The maximum atomic E-state index is 15.5. The SMILES string of the molecule is CCCCCC(=O)Nc1cc(NC(=O)CCCCC)cc(C(=O)NC(CC(=O)O)C(=O)NC2C(=O)N3CCCCC3C(=O)NC(C(C)C(=O)O)C(=O)NC(CC(=O)O)C(=O)NCC(=O)NC(CC(=O)O)C(=O)NCC(=O)NC(C(C)N)C(=O)NC(C(C)C)C(=O)N3CCCC3C(=O)NC2C)c1. The van der Waals surface area contributed by atoms with Gasteiger partial charge in [-0.2, -0.15) is 0 Å². The Morgan fingerprint density at radius 1 is 0.554 bits per heavy atom. The van der Waals surface area contributed by atoms with Crippen molar-refractivity contribution in [2.45, 2.75) is 218 Å². The molecule has 12 unspecified atom stereocenters. The molecule has 3 heterocycles. The first-order chi connectivity index (χ1) is 47.6. The maximum Gasteiger partial charge on any atom is 0.308 e. The topological polar surface area (TPSA) is 565 Å². The third kappa shape index (κ3) is 26.0. The van der Waals surface area contributed by atoms with Gasteiger partial charge in [-0.3, -0.25) is 86.3 Å². The largest absolute Gasteiger partial charge is 0.481 e. The Morgan fingerprint density at radius 2 is 1.04 bits per heavy atom. The molecule has 3 fully saturated rings. The third-order valence-electron chi connectivity index (χ3n) is 16.9. The van der Waals surface area contributed by atoms with Crippen molar-refractivity contribution in [1.82, 2.24) is 63.0 Å². The molecule has 14 amide bonds. The van der Waals surface area contributed by atoms with Crippen molar-refractivity contribution >= 4 is 118 Å². The van der Waals surface area contributed by atoms with Crippen molar-refractivity contribution in [3.05, 3.63) is 23.8 Å². The maximum absolute atomic E-state index is 15.5. The van der Waals surface area contributed by atoms with Crippen LogP contribution in [0.3, 0.4) is 0 Å². The lowest BCUT2D eigenvalue weighted by atomic mass is 9.96. The Hall–Kier alpha value is -10.4. The Labute approximate surface area is 581 Å². The number of unbranched alkanes of at least 4 members (excludes halogenated alkanes) is 4. The number of benzene rings is 1. The zero-order valence-corrected chi connectivity index (χ0v) is 57.5. The van der Waals surface area contributed by atoms with Crippen molar-refractivity contribution < 1.29 is 107 Å². The van der Waals surface area contributed by atoms with Gasteiger partial charge in [0.25, 0.3) is 5.91 Å². The van der Waals surface area contributed by atoms with Crippen LogP contribution >= 0.6 is 0 Å². The number of fused-ring (bicyclic) bond motifs is 2. The van der Waals surface area contributed by atoms with Gasteiger partial charge in [-0.05, 0) is 89.8 Å². The summed E-state index contributed by atoms with van der Waals surface area (Å²) >= 11 is 0. The lowest BCUT2D eigenvalue weighted by molar-refractivity contribution is -0.150. The highest BCUT2D eigenvalue weighted by molar-refractivity contribution is 6.05. The molecular formula is C64H95N15O22. The molecule has 1 aromatic carbocycles. The highest BCUT2D eigenvalue weighted by Crippen LogP contribution is 2.25. The normalized spacial score (nSPS) is 23.7. The predicted molar refractivity (Wildman–Crippen MR) is 355 cm³/mol. The summed E-state index contributed by atoms with van der Waals surface area (Å²) in [4.78, 5) is 248. The molecule has 1 aromatic rings. The number of amides is 14. The summed E-state index contributed by atoms with van der Waals surface area (Å²) < 4.78 is 0. The average molecular weight is 1430 g/mol. The summed E-state index contributed by atoms with van der Waals surface area (Å²) in [6.07, 6.45) is 1.01. The van der Waals surface area contributed by atoms with Crippen LogP contribution in [0.4, 0.5) is 11.4 Å². The van der Waals surface area contributed by atoms with Crippen molar-refractivity contribution in [2.24, 2.45) is 17.6 Å². The summed E-state index contributed by atoms with van der Waals surface area (Å²) in [7, 11) is 0. The fourth-order valence-corrected chi connectivity index (χ4v) is 11.3. The first-order valence-electron chi connectivity index (χ1n) is 33.5. The number of carbonyl (C=O) groups excluding carboxylic acids is 14. The highest BCUT2D eigenvalue weighted by Gasteiger charge is 2.45. The van der Waals surface area contributed by atoms with Gasteiger partial charge in [-0.1, -0.05) is 53.4 Å². The van der Waals surface area contributed by atoms with E-state index in [1.165, 1.54) is 32.0 Å². The zero-order valence-electron chi connectivity index (χ0n) is 57.5. The standard InChI is InChI=1S/C64H95N15O22/c1-8-10-12-19-43(80)69-36-23-35(24-37(25-36)70-44(81)20-13-11-9-2)54(90)72-40(28-49(88)89)57(93)77-53-34(7)68-58(94)42-18-16-22-79(42)62(98)50(31(3)4)75-61(97)52(33(6)65)74-46(83)30-67-55(91)38(26-47(84)85)71-45(82)29-66-56(92)39(27-48(86)87)73-60(96)51(32(5)64(100)101)76-59(95)41-17-14-15-21-78(41)63(53)99/h23-25,31-34,38-42,50-53H,8-22,26-30,65H2,1-7H3,(H,66,92)(H,67,91)(H,68,94)(H,69,80)(H,70,81)(H,71,82)(H,72,90)(H,73,96)(H,74,83)(H,75,97)(H,76,95)(H,77,93)(H,84,85)(H,86,87)(H,88,89)(H,100,101). The minimum Gasteiger partial charge on any atom is -0.481 e. The van der Waals surface area contributed by atoms with E-state index in [0.29, 0.717) is 12.8 Å². The smallest absolute Gasteiger partial charge is 0.308 e. The monoisotopic (exact) mass is 1430 g/mol. The second kappa shape index (κ2) is 40.0. The molecule has 3 saturated heterocycles. The molecule has 558 valence electrons. The average Bonchev–Trinajstić information content (AvgIpc) is 1.73. The second-order valence-corrected chi connectivity index (χ2v) is 25.5. The van der Waals surface area contributed by atoms with Crippen LogP contribution in [0.2, 0.25) is 0 Å². The Bertz CT molecular complexity index is 3230. The van der Waals surface area contributed by atoms with Crippen LogP contribution in [0.25, 0.3) is 0 Å². The first-order valence-corrected chi connectivity index (χ1v) is 33.5. The van der Waals surface area contributed by atoms with Crippen LogP contribution in [0.15, 0.2) is 18.2 Å². The minimum absolute atomic E-state index is 0.0322. The number of carboxylic acid groups (broad SMARTS) is 4. The lowest BCUT2D eigenvalue weighted by Crippen LogP contribution is -2.66. The molecule has 0 bridgehead atoms. The number of anilines is 2. The zero-order chi connectivity index (χ0) is 75.5. The molecular weight excluding hydrogens is 1330 g/mol. The van der Waals surface area contributed by atoms with E-state index in [9.17, 15) is 102 Å². The molecule has 0 aliphatic carbocycles. The number of aliphatic carboxylic acids is 4. The fraction of sp³-hybridized carbons (Fsp3) is 0.625. The Kier molecular flexibility index (Phi) is 32.9. The van der Waals surface area contributed by atoms with E-state index in [2.05, 4.69) is 47.9 Å². The summed E-state index contributed by atoms with van der Waals surface area (Å²) in [5.74, 6) is -24.6. The van der Waals surface area contributed by atoms with Gasteiger partial charge < -0.3 is 99.8 Å². The van der Waals surface area contributed by atoms with Gasteiger partial charge in [0.2, 0.25) is 76.8 Å². The van der Waals surface area contributed by atoms with Gasteiger partial charge in [0.05, 0.1) is 44.3 Å². The second-order valence-electron chi connectivity index (χ2n) is 25.5. The number of hydrogen-bond acceptors (Lipinski definition) is 19. The summed E-state index contributed by atoms with van der Waals surface area (Å²) in [5.41, 5.74) is 5.92. The van der Waals surface area contributed by atoms with Crippen molar-refractivity contribution in [3.8, 4) is 0 Å². The Morgan fingerprint density at radius 3 is 1.54 bits per heavy atom. The van der Waals surface area contributed by atoms with E-state index >= 15 is 4.79 Å². The molecule has 0 radical (unpaired) electrons. The first kappa shape index (κ1) is 83.1. The van der Waals surface area contributed by atoms with Gasteiger partial charge in [0.15, 0.2) is 0 Å². The number of nitrogens with two attached hydrogens (primary N) is 1. The number of carbonyl (C=O) groups is 18. The summed E-state index contributed by atoms with van der Waals surface area (Å²) in [6, 6.07) is -15.6. The molecule has 37 nitrogen and oxygen atoms in total. The molecule has 0 spiro atoms.